The molecule has 100 valence electrons. The van der Waals surface area contributed by atoms with Crippen molar-refractivity contribution in [1.82, 2.24) is 10.6 Å². The van der Waals surface area contributed by atoms with Crippen LogP contribution in [0.1, 0.15) is 26.7 Å². The van der Waals surface area contributed by atoms with E-state index in [2.05, 4.69) is 29.5 Å². The maximum Gasteiger partial charge on any atom is 0.191 e. The Morgan fingerprint density at radius 1 is 1.53 bits per heavy atom. The van der Waals surface area contributed by atoms with Crippen LogP contribution in [0.4, 0.5) is 0 Å². The van der Waals surface area contributed by atoms with Crippen LogP contribution in [0.5, 0.6) is 0 Å². The molecule has 2 aliphatic heterocycles. The predicted molar refractivity (Wildman–Crippen MR) is 81.0 cm³/mol. The van der Waals surface area contributed by atoms with E-state index in [0.29, 0.717) is 17.9 Å². The molecule has 2 aliphatic rings. The van der Waals surface area contributed by atoms with Gasteiger partial charge in [-0.2, -0.15) is 0 Å². The van der Waals surface area contributed by atoms with E-state index in [1.165, 1.54) is 6.42 Å². The van der Waals surface area contributed by atoms with Gasteiger partial charge in [0.1, 0.15) is 0 Å². The number of nitrogens with one attached hydrogen (secondary N) is 2. The van der Waals surface area contributed by atoms with Crippen molar-refractivity contribution in [3.8, 4) is 0 Å². The average molecular weight is 353 g/mol. The first kappa shape index (κ1) is 15.0. The first-order valence-corrected chi connectivity index (χ1v) is 6.41. The summed E-state index contributed by atoms with van der Waals surface area (Å²) in [4.78, 5) is 4.41. The minimum absolute atomic E-state index is 0. The molecule has 1 fully saturated rings. The second kappa shape index (κ2) is 7.41. The summed E-state index contributed by atoms with van der Waals surface area (Å²) in [5.41, 5.74) is 0. The quantitative estimate of drug-likeness (QED) is 0.758. The van der Waals surface area contributed by atoms with Crippen molar-refractivity contribution < 1.29 is 4.74 Å². The van der Waals surface area contributed by atoms with E-state index >= 15 is 0 Å². The topological polar surface area (TPSA) is 45.6 Å². The van der Waals surface area contributed by atoms with Gasteiger partial charge in [0, 0.05) is 32.2 Å². The molecule has 0 aromatic carbocycles. The molecule has 0 radical (unpaired) electrons. The lowest BCUT2D eigenvalue weighted by Crippen LogP contribution is -2.44. The van der Waals surface area contributed by atoms with E-state index in [1.807, 2.05) is 0 Å². The Morgan fingerprint density at radius 3 is 3.00 bits per heavy atom. The monoisotopic (exact) mass is 353 g/mol. The van der Waals surface area contributed by atoms with Gasteiger partial charge < -0.3 is 15.4 Å². The lowest BCUT2D eigenvalue weighted by Gasteiger charge is -2.24. The summed E-state index contributed by atoms with van der Waals surface area (Å²) in [6, 6.07) is 0. The highest BCUT2D eigenvalue weighted by Gasteiger charge is 2.30. The number of halogens is 1. The number of nitrogens with zero attached hydrogens (tertiary/aromatic N) is 1. The van der Waals surface area contributed by atoms with E-state index in [9.17, 15) is 0 Å². The average Bonchev–Trinajstić information content (AvgIpc) is 2.76. The molecule has 4 nitrogen and oxygen atoms in total. The maximum atomic E-state index is 5.77. The first-order valence-electron chi connectivity index (χ1n) is 6.41. The van der Waals surface area contributed by atoms with E-state index in [4.69, 9.17) is 4.74 Å². The smallest absolute Gasteiger partial charge is 0.191 e. The second-order valence-corrected chi connectivity index (χ2v) is 5.02. The molecule has 5 heteroatoms. The largest absolute Gasteiger partial charge is 0.378 e. The van der Waals surface area contributed by atoms with Crippen LogP contribution in [-0.2, 0) is 4.74 Å². The minimum Gasteiger partial charge on any atom is -0.378 e. The van der Waals surface area contributed by atoms with Crippen molar-refractivity contribution in [2.75, 3.05) is 26.2 Å². The normalized spacial score (nSPS) is 28.3. The Morgan fingerprint density at radius 2 is 2.35 bits per heavy atom. The van der Waals surface area contributed by atoms with Gasteiger partial charge in [-0.15, -0.1) is 24.0 Å². The van der Waals surface area contributed by atoms with Gasteiger partial charge in [0.15, 0.2) is 5.96 Å². The summed E-state index contributed by atoms with van der Waals surface area (Å²) < 4.78 is 5.77. The molecule has 0 amide bonds. The van der Waals surface area contributed by atoms with Crippen LogP contribution >= 0.6 is 24.0 Å². The van der Waals surface area contributed by atoms with Crippen LogP contribution in [-0.4, -0.2) is 38.3 Å². The third-order valence-corrected chi connectivity index (χ3v) is 3.35. The van der Waals surface area contributed by atoms with Gasteiger partial charge in [-0.1, -0.05) is 13.8 Å². The van der Waals surface area contributed by atoms with Gasteiger partial charge in [0.25, 0.3) is 0 Å². The third kappa shape index (κ3) is 4.28. The molecule has 2 N–H and O–H groups in total. The van der Waals surface area contributed by atoms with Gasteiger partial charge in [0.05, 0.1) is 6.10 Å². The highest BCUT2D eigenvalue weighted by molar-refractivity contribution is 14.0. The van der Waals surface area contributed by atoms with Crippen molar-refractivity contribution in [2.45, 2.75) is 32.8 Å². The Kier molecular flexibility index (Phi) is 6.54. The molecule has 0 saturated carbocycles. The first-order chi connectivity index (χ1) is 7.77. The molecular weight excluding hydrogens is 329 g/mol. The van der Waals surface area contributed by atoms with Crippen molar-refractivity contribution in [1.29, 1.82) is 0 Å². The summed E-state index contributed by atoms with van der Waals surface area (Å²) in [5.74, 6) is 2.21. The fourth-order valence-electron chi connectivity index (χ4n) is 2.49. The van der Waals surface area contributed by atoms with Crippen molar-refractivity contribution in [3.05, 3.63) is 0 Å². The zero-order valence-corrected chi connectivity index (χ0v) is 13.1. The Labute approximate surface area is 121 Å². The summed E-state index contributed by atoms with van der Waals surface area (Å²) in [6.45, 7) is 8.35. The Hall–Kier alpha value is -0.0400. The van der Waals surface area contributed by atoms with Crippen molar-refractivity contribution in [3.63, 3.8) is 0 Å². The third-order valence-electron chi connectivity index (χ3n) is 3.35. The molecule has 2 unspecified atom stereocenters. The summed E-state index contributed by atoms with van der Waals surface area (Å²) in [7, 11) is 0. The number of hydrogen-bond acceptors (Lipinski definition) is 4. The standard InChI is InChI=1S/C12H23N3O.HI/c1-9(2)11-10(4-7-16-11)8-15-12-13-5-3-6-14-12;/h9-11H,3-8H2,1-2H3,(H2,13,14,15);1H. The molecule has 0 aromatic rings. The van der Waals surface area contributed by atoms with Crippen LogP contribution in [0.2, 0.25) is 0 Å². The Bertz CT molecular complexity index is 258. The zero-order valence-electron chi connectivity index (χ0n) is 10.7. The minimum atomic E-state index is 0. The summed E-state index contributed by atoms with van der Waals surface area (Å²) in [5, 5.41) is 6.69. The number of aliphatic imine (C=N–C) groups is 1. The van der Waals surface area contributed by atoms with Crippen molar-refractivity contribution in [2.24, 2.45) is 16.8 Å². The SMILES string of the molecule is CC(C)C1OCCC1CNC1=NCCCN1.I. The fraction of sp³-hybridized carbons (Fsp3) is 0.917. The molecule has 2 atom stereocenters. The summed E-state index contributed by atoms with van der Waals surface area (Å²) in [6.07, 6.45) is 2.73. The predicted octanol–water partition coefficient (Wildman–Crippen LogP) is 1.60. The molecule has 17 heavy (non-hydrogen) atoms. The highest BCUT2D eigenvalue weighted by Crippen LogP contribution is 2.25. The van der Waals surface area contributed by atoms with Gasteiger partial charge in [-0.3, -0.25) is 4.99 Å². The molecule has 0 spiro atoms. The number of hydrogen-bond donors (Lipinski definition) is 2. The van der Waals surface area contributed by atoms with E-state index in [-0.39, 0.29) is 24.0 Å². The Balaban J connectivity index is 0.00000144. The molecule has 1 saturated heterocycles. The van der Waals surface area contributed by atoms with Gasteiger partial charge in [0.2, 0.25) is 0 Å². The molecule has 0 bridgehead atoms. The number of ether oxygens (including phenoxy) is 1. The maximum absolute atomic E-state index is 5.77. The second-order valence-electron chi connectivity index (χ2n) is 5.02. The molecule has 2 rings (SSSR count). The van der Waals surface area contributed by atoms with E-state index < -0.39 is 0 Å². The van der Waals surface area contributed by atoms with Crippen LogP contribution in [0.3, 0.4) is 0 Å². The summed E-state index contributed by atoms with van der Waals surface area (Å²) >= 11 is 0. The zero-order chi connectivity index (χ0) is 11.4. The molecule has 0 aromatic heterocycles. The number of guanidine groups is 1. The van der Waals surface area contributed by atoms with Crippen LogP contribution < -0.4 is 10.6 Å². The van der Waals surface area contributed by atoms with E-state index in [0.717, 1.165) is 38.6 Å². The fourth-order valence-corrected chi connectivity index (χ4v) is 2.49. The van der Waals surface area contributed by atoms with Crippen LogP contribution in [0.15, 0.2) is 4.99 Å². The molecule has 0 aliphatic carbocycles. The van der Waals surface area contributed by atoms with Gasteiger partial charge >= 0.3 is 0 Å². The van der Waals surface area contributed by atoms with Crippen molar-refractivity contribution >= 4 is 29.9 Å². The highest BCUT2D eigenvalue weighted by atomic mass is 127. The van der Waals surface area contributed by atoms with E-state index in [1.54, 1.807) is 0 Å². The molecule has 2 heterocycles. The lowest BCUT2D eigenvalue weighted by molar-refractivity contribution is 0.0549. The van der Waals surface area contributed by atoms with Gasteiger partial charge in [-0.25, -0.2) is 0 Å². The van der Waals surface area contributed by atoms with Crippen LogP contribution in [0.25, 0.3) is 0 Å². The van der Waals surface area contributed by atoms with Crippen LogP contribution in [0, 0.1) is 11.8 Å². The van der Waals surface area contributed by atoms with Gasteiger partial charge in [-0.05, 0) is 18.8 Å². The number of rotatable bonds is 3. The molecular formula is C12H24IN3O. The lowest BCUT2D eigenvalue weighted by atomic mass is 9.93.